The van der Waals surface area contributed by atoms with Gasteiger partial charge in [0.15, 0.2) is 0 Å². The predicted octanol–water partition coefficient (Wildman–Crippen LogP) is 1.88. The number of piperidine rings is 1. The van der Waals surface area contributed by atoms with E-state index >= 15 is 0 Å². The van der Waals surface area contributed by atoms with Gasteiger partial charge in [-0.25, -0.2) is 9.97 Å². The van der Waals surface area contributed by atoms with E-state index in [0.29, 0.717) is 24.6 Å². The molecule has 0 N–H and O–H groups in total. The number of hydrogen-bond donors (Lipinski definition) is 0. The molecule has 7 heteroatoms. The van der Waals surface area contributed by atoms with Crippen molar-refractivity contribution >= 4 is 23.3 Å². The van der Waals surface area contributed by atoms with E-state index in [2.05, 4.69) is 9.97 Å². The van der Waals surface area contributed by atoms with Gasteiger partial charge in [0.25, 0.3) is 5.91 Å². The first kappa shape index (κ1) is 16.0. The summed E-state index contributed by atoms with van der Waals surface area (Å²) in [6, 6.07) is 9.68. The summed E-state index contributed by atoms with van der Waals surface area (Å²) in [7, 11) is 1.81. The van der Waals surface area contributed by atoms with E-state index in [0.717, 1.165) is 24.1 Å². The van der Waals surface area contributed by atoms with E-state index in [4.69, 9.17) is 0 Å². The molecule has 1 atom stereocenters. The minimum atomic E-state index is -0.656. The van der Waals surface area contributed by atoms with Gasteiger partial charge in [-0.15, -0.1) is 0 Å². The highest BCUT2D eigenvalue weighted by molar-refractivity contribution is 6.08. The molecule has 136 valence electrons. The molecule has 27 heavy (non-hydrogen) atoms. The quantitative estimate of drug-likeness (QED) is 0.664. The topological polar surface area (TPSA) is 70.8 Å². The van der Waals surface area contributed by atoms with Crippen molar-refractivity contribution in [1.82, 2.24) is 19.3 Å². The van der Waals surface area contributed by atoms with Crippen LogP contribution >= 0.6 is 0 Å². The summed E-state index contributed by atoms with van der Waals surface area (Å²) in [6.07, 6.45) is 6.70. The molecule has 2 aliphatic rings. The van der Waals surface area contributed by atoms with E-state index in [9.17, 15) is 9.59 Å². The summed E-state index contributed by atoms with van der Waals surface area (Å²) >= 11 is 0. The van der Waals surface area contributed by atoms with E-state index in [1.54, 1.807) is 32.7 Å². The van der Waals surface area contributed by atoms with Crippen LogP contribution in [0.25, 0.3) is 5.78 Å². The highest BCUT2D eigenvalue weighted by atomic mass is 16.2. The van der Waals surface area contributed by atoms with Gasteiger partial charge in [0, 0.05) is 44.4 Å². The number of benzene rings is 1. The van der Waals surface area contributed by atoms with Gasteiger partial charge in [-0.1, -0.05) is 18.2 Å². The van der Waals surface area contributed by atoms with Crippen molar-refractivity contribution in [2.45, 2.75) is 18.3 Å². The SMILES string of the molecule is CN1C(=O)[C@@]2(CCCN(C(=O)c3cn4cccnc4n3)C2)c2ccccc21. The fraction of sp³-hybridized carbons (Fsp3) is 0.300. The first-order valence-electron chi connectivity index (χ1n) is 9.07. The first-order chi connectivity index (χ1) is 13.1. The van der Waals surface area contributed by atoms with Crippen LogP contribution in [0.15, 0.2) is 48.9 Å². The molecule has 0 unspecified atom stereocenters. The number of anilines is 1. The Balaban J connectivity index is 1.51. The van der Waals surface area contributed by atoms with Crippen LogP contribution in [0.3, 0.4) is 0 Å². The van der Waals surface area contributed by atoms with Gasteiger partial charge in [-0.05, 0) is 30.5 Å². The van der Waals surface area contributed by atoms with Crippen molar-refractivity contribution in [3.8, 4) is 0 Å². The van der Waals surface area contributed by atoms with Gasteiger partial charge in [0.2, 0.25) is 11.7 Å². The molecule has 0 bridgehead atoms. The van der Waals surface area contributed by atoms with E-state index in [1.165, 1.54) is 0 Å². The van der Waals surface area contributed by atoms with Crippen LogP contribution in [0.4, 0.5) is 5.69 Å². The fourth-order valence-electron chi connectivity index (χ4n) is 4.43. The van der Waals surface area contributed by atoms with E-state index in [1.807, 2.05) is 37.5 Å². The third kappa shape index (κ3) is 2.21. The molecule has 2 aliphatic heterocycles. The number of hydrogen-bond acceptors (Lipinski definition) is 4. The molecule has 1 spiro atoms. The third-order valence-corrected chi connectivity index (χ3v) is 5.73. The molecule has 5 rings (SSSR count). The Kier molecular flexibility index (Phi) is 3.34. The second kappa shape index (κ2) is 5.64. The number of aromatic nitrogens is 3. The number of nitrogens with zero attached hydrogens (tertiary/aromatic N) is 5. The summed E-state index contributed by atoms with van der Waals surface area (Å²) in [6.45, 7) is 1.01. The summed E-state index contributed by atoms with van der Waals surface area (Å²) in [5.74, 6) is 0.409. The number of carbonyl (C=O) groups excluding carboxylic acids is 2. The fourth-order valence-corrected chi connectivity index (χ4v) is 4.43. The molecular formula is C20H19N5O2. The van der Waals surface area contributed by atoms with Crippen molar-refractivity contribution in [2.75, 3.05) is 25.0 Å². The molecule has 3 aromatic rings. The lowest BCUT2D eigenvalue weighted by Gasteiger charge is -2.39. The predicted molar refractivity (Wildman–Crippen MR) is 99.7 cm³/mol. The molecule has 2 amide bonds. The summed E-state index contributed by atoms with van der Waals surface area (Å²) in [4.78, 5) is 38.3. The number of amides is 2. The van der Waals surface area contributed by atoms with Gasteiger partial charge in [0.05, 0.1) is 5.41 Å². The Labute approximate surface area is 156 Å². The van der Waals surface area contributed by atoms with Gasteiger partial charge in [-0.2, -0.15) is 0 Å². The maximum atomic E-state index is 13.1. The van der Waals surface area contributed by atoms with Crippen molar-refractivity contribution in [3.05, 3.63) is 60.2 Å². The number of imidazole rings is 1. The average molecular weight is 361 g/mol. The van der Waals surface area contributed by atoms with Gasteiger partial charge in [-0.3, -0.25) is 14.0 Å². The highest BCUT2D eigenvalue weighted by Crippen LogP contribution is 2.46. The Morgan fingerprint density at radius 2 is 2.07 bits per heavy atom. The molecule has 1 saturated heterocycles. The second-order valence-corrected chi connectivity index (χ2v) is 7.25. The summed E-state index contributed by atoms with van der Waals surface area (Å²) in [5, 5.41) is 0. The van der Waals surface area contributed by atoms with Crippen LogP contribution in [0.1, 0.15) is 28.9 Å². The van der Waals surface area contributed by atoms with Crippen LogP contribution < -0.4 is 4.90 Å². The molecule has 1 fully saturated rings. The Morgan fingerprint density at radius 3 is 2.93 bits per heavy atom. The zero-order chi connectivity index (χ0) is 18.6. The van der Waals surface area contributed by atoms with Gasteiger partial charge in [0.1, 0.15) is 5.69 Å². The standard InChI is InChI=1S/C20H19N5O2/c1-23-16-7-3-2-6-14(16)20(18(23)27)8-4-10-25(13-20)17(26)15-12-24-11-5-9-21-19(24)22-15/h2-3,5-7,9,11-12H,4,8,10,13H2,1H3/t20-/m1/s1. The molecule has 4 heterocycles. The maximum absolute atomic E-state index is 13.1. The van der Waals surface area contributed by atoms with Crippen LogP contribution in [-0.2, 0) is 10.2 Å². The van der Waals surface area contributed by atoms with Crippen molar-refractivity contribution in [3.63, 3.8) is 0 Å². The monoisotopic (exact) mass is 361 g/mol. The number of likely N-dealkylation sites (tertiary alicyclic amines) is 1. The number of carbonyl (C=O) groups is 2. The third-order valence-electron chi connectivity index (χ3n) is 5.73. The molecule has 2 aromatic heterocycles. The molecule has 1 aromatic carbocycles. The summed E-state index contributed by atoms with van der Waals surface area (Å²) in [5.41, 5.74) is 1.66. The molecule has 0 aliphatic carbocycles. The highest BCUT2D eigenvalue weighted by Gasteiger charge is 2.52. The van der Waals surface area contributed by atoms with Gasteiger partial charge < -0.3 is 9.80 Å². The number of para-hydroxylation sites is 1. The Hall–Kier alpha value is -3.22. The zero-order valence-corrected chi connectivity index (χ0v) is 15.0. The number of rotatable bonds is 1. The molecule has 0 radical (unpaired) electrons. The first-order valence-corrected chi connectivity index (χ1v) is 9.07. The van der Waals surface area contributed by atoms with Crippen molar-refractivity contribution < 1.29 is 9.59 Å². The lowest BCUT2D eigenvalue weighted by atomic mass is 9.75. The average Bonchev–Trinajstić information content (AvgIpc) is 3.23. The van der Waals surface area contributed by atoms with Crippen LogP contribution in [0.5, 0.6) is 0 Å². The van der Waals surface area contributed by atoms with E-state index < -0.39 is 5.41 Å². The molecule has 0 saturated carbocycles. The second-order valence-electron chi connectivity index (χ2n) is 7.25. The normalized spacial score (nSPS) is 21.9. The van der Waals surface area contributed by atoms with E-state index in [-0.39, 0.29) is 11.8 Å². The van der Waals surface area contributed by atoms with Gasteiger partial charge >= 0.3 is 0 Å². The van der Waals surface area contributed by atoms with Crippen molar-refractivity contribution in [2.24, 2.45) is 0 Å². The maximum Gasteiger partial charge on any atom is 0.274 e. The molecular weight excluding hydrogens is 342 g/mol. The number of likely N-dealkylation sites (N-methyl/N-ethyl adjacent to an activating group) is 1. The van der Waals surface area contributed by atoms with Crippen LogP contribution in [0.2, 0.25) is 0 Å². The van der Waals surface area contributed by atoms with Crippen molar-refractivity contribution in [1.29, 1.82) is 0 Å². The number of fused-ring (bicyclic) bond motifs is 3. The lowest BCUT2D eigenvalue weighted by molar-refractivity contribution is -0.124. The Morgan fingerprint density at radius 1 is 1.22 bits per heavy atom. The van der Waals surface area contributed by atoms with Crippen LogP contribution in [-0.4, -0.2) is 51.2 Å². The summed E-state index contributed by atoms with van der Waals surface area (Å²) < 4.78 is 1.73. The largest absolute Gasteiger partial charge is 0.336 e. The zero-order valence-electron chi connectivity index (χ0n) is 15.0. The van der Waals surface area contributed by atoms with Crippen LogP contribution in [0, 0.1) is 0 Å². The molecule has 7 nitrogen and oxygen atoms in total. The smallest absolute Gasteiger partial charge is 0.274 e. The minimum absolute atomic E-state index is 0.0675. The Bertz CT molecular complexity index is 1040. The minimum Gasteiger partial charge on any atom is -0.336 e. The lowest BCUT2D eigenvalue weighted by Crippen LogP contribution is -2.53.